The van der Waals surface area contributed by atoms with Crippen molar-refractivity contribution in [3.8, 4) is 11.1 Å². The largest absolute Gasteiger partial charge is 0.386 e. The highest BCUT2D eigenvalue weighted by Crippen LogP contribution is 2.36. The lowest BCUT2D eigenvalue weighted by Crippen LogP contribution is -2.24. The standard InChI is InChI=1S/C25H22F2N4O2/c1-25(2,33)19-7-6-15(17-11-30(3)29-23(17)19)14-9-20(26)18(21(27)10-14)12-31-13-22-16(24(31)32)5-4-8-28-22/h4-11,33H,12-13H2,1-3H3/i1D3. The highest BCUT2D eigenvalue weighted by atomic mass is 19.1. The van der Waals surface area contributed by atoms with Crippen LogP contribution in [0.2, 0.25) is 0 Å². The molecule has 2 aromatic carbocycles. The molecule has 33 heavy (non-hydrogen) atoms. The summed E-state index contributed by atoms with van der Waals surface area (Å²) in [5, 5.41) is 15.5. The second-order valence-corrected chi connectivity index (χ2v) is 8.38. The van der Waals surface area contributed by atoms with Crippen LogP contribution in [-0.4, -0.2) is 30.7 Å². The van der Waals surface area contributed by atoms with Gasteiger partial charge in [0.1, 0.15) is 11.6 Å². The molecule has 5 rings (SSSR count). The van der Waals surface area contributed by atoms with Gasteiger partial charge >= 0.3 is 0 Å². The van der Waals surface area contributed by atoms with Gasteiger partial charge in [0.05, 0.1) is 35.5 Å². The Morgan fingerprint density at radius 2 is 1.97 bits per heavy atom. The third-order valence-corrected chi connectivity index (χ3v) is 5.86. The Hall–Kier alpha value is -3.65. The van der Waals surface area contributed by atoms with Crippen molar-refractivity contribution in [2.75, 3.05) is 0 Å². The molecule has 1 unspecified atom stereocenters. The van der Waals surface area contributed by atoms with Gasteiger partial charge in [-0.1, -0.05) is 12.1 Å². The number of rotatable bonds is 4. The topological polar surface area (TPSA) is 71.2 Å². The van der Waals surface area contributed by atoms with Gasteiger partial charge in [-0.05, 0) is 49.2 Å². The lowest BCUT2D eigenvalue weighted by atomic mass is 9.91. The van der Waals surface area contributed by atoms with Crippen molar-refractivity contribution in [3.63, 3.8) is 0 Å². The normalized spacial score (nSPS) is 16.9. The third-order valence-electron chi connectivity index (χ3n) is 5.86. The number of hydrogen-bond acceptors (Lipinski definition) is 4. The molecule has 0 aliphatic carbocycles. The van der Waals surface area contributed by atoms with Crippen LogP contribution in [0.4, 0.5) is 8.78 Å². The van der Waals surface area contributed by atoms with E-state index in [-0.39, 0.29) is 41.2 Å². The van der Waals surface area contributed by atoms with E-state index in [1.54, 1.807) is 31.6 Å². The molecule has 2 aromatic heterocycles. The maximum absolute atomic E-state index is 15.2. The summed E-state index contributed by atoms with van der Waals surface area (Å²) < 4.78 is 55.0. The Bertz CT molecular complexity index is 1510. The summed E-state index contributed by atoms with van der Waals surface area (Å²) >= 11 is 0. The van der Waals surface area contributed by atoms with Crippen LogP contribution in [-0.2, 0) is 25.7 Å². The van der Waals surface area contributed by atoms with Crippen LogP contribution in [0.5, 0.6) is 0 Å². The summed E-state index contributed by atoms with van der Waals surface area (Å²) in [6.07, 6.45) is 3.16. The van der Waals surface area contributed by atoms with E-state index in [4.69, 9.17) is 4.11 Å². The van der Waals surface area contributed by atoms with E-state index in [1.807, 2.05) is 0 Å². The first-order chi connectivity index (χ1) is 16.9. The van der Waals surface area contributed by atoms with E-state index in [2.05, 4.69) is 10.1 Å². The zero-order chi connectivity index (χ0) is 26.0. The van der Waals surface area contributed by atoms with Gasteiger partial charge in [-0.3, -0.25) is 14.5 Å². The van der Waals surface area contributed by atoms with Gasteiger partial charge in [-0.15, -0.1) is 0 Å². The summed E-state index contributed by atoms with van der Waals surface area (Å²) in [7, 11) is 1.63. The summed E-state index contributed by atoms with van der Waals surface area (Å²) in [5.74, 6) is -1.98. The molecule has 1 aliphatic rings. The maximum atomic E-state index is 15.2. The molecule has 0 bridgehead atoms. The van der Waals surface area contributed by atoms with Crippen LogP contribution in [0, 0.1) is 11.6 Å². The van der Waals surface area contributed by atoms with Crippen LogP contribution in [0.15, 0.2) is 48.8 Å². The fourth-order valence-corrected chi connectivity index (χ4v) is 4.27. The molecule has 1 N–H and O–H groups in total. The van der Waals surface area contributed by atoms with E-state index >= 15 is 8.78 Å². The molecule has 0 radical (unpaired) electrons. The number of carbonyl (C=O) groups excluding carboxylic acids is 1. The number of fused-ring (bicyclic) bond motifs is 2. The molecule has 8 heteroatoms. The van der Waals surface area contributed by atoms with Gasteiger partial charge in [0.2, 0.25) is 0 Å². The van der Waals surface area contributed by atoms with Crippen molar-refractivity contribution in [2.45, 2.75) is 32.5 Å². The van der Waals surface area contributed by atoms with Crippen molar-refractivity contribution in [1.82, 2.24) is 19.7 Å². The molecule has 0 saturated heterocycles. The summed E-state index contributed by atoms with van der Waals surface area (Å²) in [6, 6.07) is 8.54. The van der Waals surface area contributed by atoms with Crippen LogP contribution >= 0.6 is 0 Å². The Morgan fingerprint density at radius 3 is 2.67 bits per heavy atom. The molecule has 1 atom stereocenters. The molecule has 1 aliphatic heterocycles. The number of carbonyl (C=O) groups is 1. The van der Waals surface area contributed by atoms with E-state index in [0.717, 1.165) is 0 Å². The van der Waals surface area contributed by atoms with Crippen molar-refractivity contribution >= 4 is 16.8 Å². The molecule has 0 fully saturated rings. The van der Waals surface area contributed by atoms with E-state index < -0.39 is 24.1 Å². The molecule has 3 heterocycles. The minimum Gasteiger partial charge on any atom is -0.386 e. The number of amides is 1. The summed E-state index contributed by atoms with van der Waals surface area (Å²) in [5.41, 5.74) is -0.522. The fourth-order valence-electron chi connectivity index (χ4n) is 4.27. The zero-order valence-electron chi connectivity index (χ0n) is 20.9. The number of nitrogens with zero attached hydrogens (tertiary/aromatic N) is 4. The molecule has 4 aromatic rings. The van der Waals surface area contributed by atoms with Crippen molar-refractivity contribution in [3.05, 3.63) is 82.8 Å². The first kappa shape index (κ1) is 17.9. The molecule has 1 amide bonds. The predicted octanol–water partition coefficient (Wildman–Crippen LogP) is 4.30. The molecule has 168 valence electrons. The third kappa shape index (κ3) is 3.56. The molecule has 0 saturated carbocycles. The second-order valence-electron chi connectivity index (χ2n) is 8.38. The maximum Gasteiger partial charge on any atom is 0.256 e. The van der Waals surface area contributed by atoms with Crippen molar-refractivity contribution < 1.29 is 22.8 Å². The molecule has 0 spiro atoms. The Labute approximate surface area is 193 Å². The number of pyridine rings is 1. The van der Waals surface area contributed by atoms with Gasteiger partial charge in [0.15, 0.2) is 0 Å². The summed E-state index contributed by atoms with van der Waals surface area (Å²) in [6.45, 7) is -1.63. The minimum absolute atomic E-state index is 0.0835. The number of aromatic nitrogens is 3. The SMILES string of the molecule is [2H]C([2H])([2H])C(C)(O)c1ccc(-c2cc(F)c(CN3Cc4ncccc4C3=O)c(F)c2)c2cn(C)nc12. The quantitative estimate of drug-likeness (QED) is 0.502. The van der Waals surface area contributed by atoms with Crippen molar-refractivity contribution in [2.24, 2.45) is 7.05 Å². The van der Waals surface area contributed by atoms with E-state index in [1.165, 1.54) is 40.8 Å². The van der Waals surface area contributed by atoms with Gasteiger partial charge in [-0.25, -0.2) is 8.78 Å². The Morgan fingerprint density at radius 1 is 1.21 bits per heavy atom. The second kappa shape index (κ2) is 7.45. The monoisotopic (exact) mass is 451 g/mol. The van der Waals surface area contributed by atoms with Crippen molar-refractivity contribution in [1.29, 1.82) is 0 Å². The number of halogens is 2. The van der Waals surface area contributed by atoms with E-state index in [0.29, 0.717) is 22.2 Å². The first-order valence-corrected chi connectivity index (χ1v) is 10.3. The Kier molecular flexibility index (Phi) is 4.03. The highest BCUT2D eigenvalue weighted by molar-refractivity contribution is 5.98. The number of aliphatic hydroxyl groups is 1. The van der Waals surface area contributed by atoms with Crippen LogP contribution < -0.4 is 0 Å². The molecule has 6 nitrogen and oxygen atoms in total. The van der Waals surface area contributed by atoms with Crippen LogP contribution in [0.3, 0.4) is 0 Å². The number of hydrogen-bond donors (Lipinski definition) is 1. The lowest BCUT2D eigenvalue weighted by Gasteiger charge is -2.19. The minimum atomic E-state index is -2.72. The van der Waals surface area contributed by atoms with Gasteiger partial charge < -0.3 is 10.0 Å². The number of aryl methyl sites for hydroxylation is 1. The summed E-state index contributed by atoms with van der Waals surface area (Å²) in [4.78, 5) is 18.1. The predicted molar refractivity (Wildman–Crippen MR) is 119 cm³/mol. The average molecular weight is 451 g/mol. The highest BCUT2D eigenvalue weighted by Gasteiger charge is 2.30. The molecular weight excluding hydrogens is 426 g/mol. The first-order valence-electron chi connectivity index (χ1n) is 11.8. The van der Waals surface area contributed by atoms with Gasteiger partial charge in [0, 0.05) is 40.1 Å². The van der Waals surface area contributed by atoms with Gasteiger partial charge in [-0.2, -0.15) is 5.10 Å². The smallest absolute Gasteiger partial charge is 0.256 e. The van der Waals surface area contributed by atoms with Crippen LogP contribution in [0.25, 0.3) is 22.0 Å². The fraction of sp³-hybridized carbons (Fsp3) is 0.240. The Balaban J connectivity index is 1.54. The van der Waals surface area contributed by atoms with Gasteiger partial charge in [0.25, 0.3) is 5.91 Å². The average Bonchev–Trinajstić information content (AvgIpc) is 3.34. The zero-order valence-corrected chi connectivity index (χ0v) is 17.9. The van der Waals surface area contributed by atoms with E-state index in [9.17, 15) is 9.90 Å². The molecular formula is C25H22F2N4O2. The lowest BCUT2D eigenvalue weighted by molar-refractivity contribution is 0.0762. The van der Waals surface area contributed by atoms with Crippen LogP contribution in [0.1, 0.15) is 45.1 Å². The number of benzene rings is 2.